The van der Waals surface area contributed by atoms with Gasteiger partial charge in [0.2, 0.25) is 0 Å². The highest BCUT2D eigenvalue weighted by Crippen LogP contribution is 2.40. The maximum absolute atomic E-state index is 13.5. The predicted molar refractivity (Wildman–Crippen MR) is 142 cm³/mol. The summed E-state index contributed by atoms with van der Waals surface area (Å²) in [4.78, 5) is 6.27. The second-order valence-corrected chi connectivity index (χ2v) is 10.3. The van der Waals surface area contributed by atoms with E-state index in [0.29, 0.717) is 34.8 Å². The number of aromatic hydroxyl groups is 1. The number of rotatable bonds is 5. The van der Waals surface area contributed by atoms with Crippen LogP contribution in [0.1, 0.15) is 36.5 Å². The van der Waals surface area contributed by atoms with Crippen LogP contribution in [-0.4, -0.2) is 28.1 Å². The first-order valence-electron chi connectivity index (χ1n) is 12.9. The molecule has 2 N–H and O–H groups in total. The number of likely N-dealkylation sites (tertiary alicyclic amines) is 1. The van der Waals surface area contributed by atoms with Crippen LogP contribution in [0, 0.1) is 5.92 Å². The van der Waals surface area contributed by atoms with Gasteiger partial charge in [-0.25, -0.2) is 0 Å². The molecule has 0 atom stereocenters. The number of benzene rings is 3. The summed E-state index contributed by atoms with van der Waals surface area (Å²) in [5.41, 5.74) is 0.362. The zero-order chi connectivity index (χ0) is 28.7. The monoisotopic (exact) mass is 559 g/mol. The highest BCUT2D eigenvalue weighted by Gasteiger charge is 2.32. The SMILES string of the molecule is CC1CCN(Cc2cc(Nc3ccnc4cc(C(F)(F)F)ccc34)cc(-c3cccc(C(F)(F)F)c3)c2O)CC1. The van der Waals surface area contributed by atoms with Gasteiger partial charge in [-0.1, -0.05) is 25.1 Å². The molecule has 10 heteroatoms. The van der Waals surface area contributed by atoms with Crippen LogP contribution in [0.25, 0.3) is 22.0 Å². The maximum atomic E-state index is 13.5. The zero-order valence-corrected chi connectivity index (χ0v) is 21.6. The first-order valence-corrected chi connectivity index (χ1v) is 12.9. The maximum Gasteiger partial charge on any atom is 0.416 e. The molecule has 0 unspecified atom stereocenters. The molecular weight excluding hydrogens is 532 g/mol. The van der Waals surface area contributed by atoms with Crippen molar-refractivity contribution in [1.29, 1.82) is 0 Å². The fourth-order valence-corrected chi connectivity index (χ4v) is 5.02. The summed E-state index contributed by atoms with van der Waals surface area (Å²) < 4.78 is 80.1. The van der Waals surface area contributed by atoms with Gasteiger partial charge in [-0.15, -0.1) is 0 Å². The summed E-state index contributed by atoms with van der Waals surface area (Å²) in [5.74, 6) is 0.481. The van der Waals surface area contributed by atoms with Gasteiger partial charge in [0, 0.05) is 40.6 Å². The molecule has 1 fully saturated rings. The topological polar surface area (TPSA) is 48.4 Å². The largest absolute Gasteiger partial charge is 0.507 e. The molecule has 1 aromatic heterocycles. The highest BCUT2D eigenvalue weighted by atomic mass is 19.4. The summed E-state index contributed by atoms with van der Waals surface area (Å²) in [7, 11) is 0. The highest BCUT2D eigenvalue weighted by molar-refractivity contribution is 5.93. The lowest BCUT2D eigenvalue weighted by atomic mass is 9.96. The fraction of sp³-hybridized carbons (Fsp3) is 0.300. The second kappa shape index (κ2) is 10.6. The van der Waals surface area contributed by atoms with E-state index in [1.165, 1.54) is 24.4 Å². The summed E-state index contributed by atoms with van der Waals surface area (Å²) in [6.07, 6.45) is -5.68. The molecule has 0 bridgehead atoms. The summed E-state index contributed by atoms with van der Waals surface area (Å²) >= 11 is 0. The number of fused-ring (bicyclic) bond motifs is 1. The Hall–Kier alpha value is -3.79. The van der Waals surface area contributed by atoms with E-state index in [1.54, 1.807) is 18.2 Å². The standard InChI is InChI=1S/C30H27F6N3O/c1-18-8-11-39(12-9-18)17-20-14-23(16-25(28(20)40)19-3-2-4-21(13-19)29(31,32)33)38-26-7-10-37-27-15-22(30(34,35)36)5-6-24(26)27/h2-7,10,13-16,18,40H,8-9,11-12,17H2,1H3,(H,37,38). The molecule has 3 aromatic carbocycles. The molecule has 0 amide bonds. The van der Waals surface area contributed by atoms with Crippen molar-refractivity contribution in [3.63, 3.8) is 0 Å². The summed E-state index contributed by atoms with van der Waals surface area (Å²) in [6.45, 7) is 4.23. The Bertz CT molecular complexity index is 1520. The molecule has 1 aliphatic heterocycles. The Morgan fingerprint density at radius 1 is 0.900 bits per heavy atom. The number of piperidine rings is 1. The number of nitrogens with one attached hydrogen (secondary N) is 1. The molecule has 1 saturated heterocycles. The number of alkyl halides is 6. The van der Waals surface area contributed by atoms with Crippen LogP contribution in [0.15, 0.2) is 66.9 Å². The van der Waals surface area contributed by atoms with Gasteiger partial charge in [0.15, 0.2) is 0 Å². The smallest absolute Gasteiger partial charge is 0.416 e. The lowest BCUT2D eigenvalue weighted by Gasteiger charge is -2.30. The van der Waals surface area contributed by atoms with Crippen molar-refractivity contribution in [1.82, 2.24) is 9.88 Å². The fourth-order valence-electron chi connectivity index (χ4n) is 5.02. The number of phenols is 1. The Morgan fingerprint density at radius 2 is 1.60 bits per heavy atom. The van der Waals surface area contributed by atoms with Gasteiger partial charge in [0.25, 0.3) is 0 Å². The first kappa shape index (κ1) is 27.8. The van der Waals surface area contributed by atoms with Gasteiger partial charge in [-0.2, -0.15) is 26.3 Å². The zero-order valence-electron chi connectivity index (χ0n) is 21.6. The number of anilines is 2. The van der Waals surface area contributed by atoms with Crippen molar-refractivity contribution in [2.75, 3.05) is 18.4 Å². The van der Waals surface area contributed by atoms with E-state index < -0.39 is 23.5 Å². The van der Waals surface area contributed by atoms with E-state index in [0.717, 1.165) is 50.2 Å². The molecule has 0 radical (unpaired) electrons. The van der Waals surface area contributed by atoms with Gasteiger partial charge >= 0.3 is 12.4 Å². The van der Waals surface area contributed by atoms with Crippen LogP contribution < -0.4 is 5.32 Å². The molecular formula is C30H27F6N3O. The van der Waals surface area contributed by atoms with E-state index in [4.69, 9.17) is 0 Å². The number of halogens is 6. The number of aromatic nitrogens is 1. The van der Waals surface area contributed by atoms with E-state index >= 15 is 0 Å². The van der Waals surface area contributed by atoms with Gasteiger partial charge < -0.3 is 10.4 Å². The summed E-state index contributed by atoms with van der Waals surface area (Å²) in [5, 5.41) is 14.9. The number of pyridine rings is 1. The molecule has 4 nitrogen and oxygen atoms in total. The van der Waals surface area contributed by atoms with Crippen molar-refractivity contribution >= 4 is 22.3 Å². The van der Waals surface area contributed by atoms with Gasteiger partial charge in [-0.05, 0) is 79.9 Å². The van der Waals surface area contributed by atoms with Crippen LogP contribution in [0.5, 0.6) is 5.75 Å². The first-order chi connectivity index (χ1) is 18.9. The second-order valence-electron chi connectivity index (χ2n) is 10.3. The Labute approximate surface area is 227 Å². The van der Waals surface area contributed by atoms with Gasteiger partial charge in [0.05, 0.1) is 16.6 Å². The Balaban J connectivity index is 1.57. The lowest BCUT2D eigenvalue weighted by molar-refractivity contribution is -0.138. The number of phenolic OH excluding ortho intramolecular Hbond substituents is 1. The van der Waals surface area contributed by atoms with Crippen LogP contribution in [0.4, 0.5) is 37.7 Å². The van der Waals surface area contributed by atoms with Crippen LogP contribution in [0.2, 0.25) is 0 Å². The molecule has 0 aliphatic carbocycles. The van der Waals surface area contributed by atoms with E-state index in [9.17, 15) is 31.4 Å². The third-order valence-electron chi connectivity index (χ3n) is 7.31. The number of nitrogens with zero attached hydrogens (tertiary/aromatic N) is 2. The summed E-state index contributed by atoms with van der Waals surface area (Å²) in [6, 6.07) is 12.9. The number of hydrogen-bond acceptors (Lipinski definition) is 4. The van der Waals surface area contributed by atoms with Crippen molar-refractivity contribution in [3.8, 4) is 16.9 Å². The molecule has 5 rings (SSSR count). The average Bonchev–Trinajstić information content (AvgIpc) is 2.90. The quantitative estimate of drug-likeness (QED) is 0.190. The molecule has 1 aliphatic rings. The average molecular weight is 560 g/mol. The minimum absolute atomic E-state index is 0.113. The minimum atomic E-state index is -4.56. The van der Waals surface area contributed by atoms with Gasteiger partial charge in [-0.3, -0.25) is 9.88 Å². The molecule has 40 heavy (non-hydrogen) atoms. The lowest BCUT2D eigenvalue weighted by Crippen LogP contribution is -2.32. The van der Waals surface area contributed by atoms with Crippen molar-refractivity contribution in [2.24, 2.45) is 5.92 Å². The minimum Gasteiger partial charge on any atom is -0.507 e. The Morgan fingerprint density at radius 3 is 2.30 bits per heavy atom. The van der Waals surface area contributed by atoms with Crippen LogP contribution in [-0.2, 0) is 18.9 Å². The molecule has 4 aromatic rings. The van der Waals surface area contributed by atoms with E-state index in [2.05, 4.69) is 22.1 Å². The van der Waals surface area contributed by atoms with Crippen LogP contribution in [0.3, 0.4) is 0 Å². The molecule has 210 valence electrons. The molecule has 0 saturated carbocycles. The molecule has 2 heterocycles. The Kier molecular flexibility index (Phi) is 7.39. The molecule has 0 spiro atoms. The van der Waals surface area contributed by atoms with E-state index in [-0.39, 0.29) is 22.4 Å². The normalized spacial score (nSPS) is 15.5. The van der Waals surface area contributed by atoms with Crippen LogP contribution >= 0.6 is 0 Å². The third-order valence-corrected chi connectivity index (χ3v) is 7.31. The van der Waals surface area contributed by atoms with Gasteiger partial charge in [0.1, 0.15) is 5.75 Å². The van der Waals surface area contributed by atoms with Crippen molar-refractivity contribution in [2.45, 2.75) is 38.7 Å². The van der Waals surface area contributed by atoms with E-state index in [1.807, 2.05) is 0 Å². The van der Waals surface area contributed by atoms with Crippen molar-refractivity contribution in [3.05, 3.63) is 83.6 Å². The third kappa shape index (κ3) is 6.01. The predicted octanol–water partition coefficient (Wildman–Crippen LogP) is 8.62. The number of hydrogen-bond donors (Lipinski definition) is 2. The van der Waals surface area contributed by atoms with Crippen molar-refractivity contribution < 1.29 is 31.4 Å².